The number of halogens is 3. The SMILES string of the molecule is OC(c1cccc(C2CCC2)c1)c1c(F)cc(Br)cc1F. The Morgan fingerprint density at radius 1 is 1.10 bits per heavy atom. The Morgan fingerprint density at radius 3 is 2.33 bits per heavy atom. The Bertz CT molecular complexity index is 645. The van der Waals surface area contributed by atoms with Gasteiger partial charge in [0.2, 0.25) is 0 Å². The zero-order chi connectivity index (χ0) is 15.0. The van der Waals surface area contributed by atoms with E-state index in [-0.39, 0.29) is 5.56 Å². The highest BCUT2D eigenvalue weighted by Crippen LogP contribution is 2.38. The van der Waals surface area contributed by atoms with Crippen molar-refractivity contribution >= 4 is 15.9 Å². The van der Waals surface area contributed by atoms with Crippen LogP contribution in [0.4, 0.5) is 8.78 Å². The summed E-state index contributed by atoms with van der Waals surface area (Å²) < 4.78 is 28.2. The largest absolute Gasteiger partial charge is 0.383 e. The van der Waals surface area contributed by atoms with E-state index >= 15 is 0 Å². The van der Waals surface area contributed by atoms with Gasteiger partial charge in [0.1, 0.15) is 17.7 Å². The maximum Gasteiger partial charge on any atom is 0.133 e. The number of hydrogen-bond donors (Lipinski definition) is 1. The minimum absolute atomic E-state index is 0.302. The minimum atomic E-state index is -1.29. The standard InChI is InChI=1S/C17H15BrF2O/c18-13-8-14(19)16(15(20)9-13)17(21)12-6-2-5-11(7-12)10-3-1-4-10/h2,5-10,17,21H,1,3-4H2. The monoisotopic (exact) mass is 352 g/mol. The molecule has 0 spiro atoms. The van der Waals surface area contributed by atoms with Gasteiger partial charge in [0.05, 0.1) is 5.56 Å². The normalized spacial score (nSPS) is 16.6. The van der Waals surface area contributed by atoms with Crippen LogP contribution in [0.25, 0.3) is 0 Å². The number of benzene rings is 2. The first-order chi connectivity index (χ1) is 10.1. The van der Waals surface area contributed by atoms with Crippen molar-refractivity contribution in [2.24, 2.45) is 0 Å². The van der Waals surface area contributed by atoms with E-state index in [0.29, 0.717) is 16.0 Å². The van der Waals surface area contributed by atoms with Gasteiger partial charge in [-0.2, -0.15) is 0 Å². The summed E-state index contributed by atoms with van der Waals surface area (Å²) in [6.07, 6.45) is 2.20. The highest BCUT2D eigenvalue weighted by Gasteiger charge is 2.23. The lowest BCUT2D eigenvalue weighted by Gasteiger charge is -2.26. The summed E-state index contributed by atoms with van der Waals surface area (Å²) in [5.74, 6) is -0.983. The van der Waals surface area contributed by atoms with Gasteiger partial charge in [-0.1, -0.05) is 46.6 Å². The maximum absolute atomic E-state index is 14.0. The third kappa shape index (κ3) is 2.87. The second kappa shape index (κ2) is 5.85. The van der Waals surface area contributed by atoms with Crippen LogP contribution in [0.2, 0.25) is 0 Å². The van der Waals surface area contributed by atoms with Gasteiger partial charge in [0.15, 0.2) is 0 Å². The van der Waals surface area contributed by atoms with Crippen LogP contribution in [0, 0.1) is 11.6 Å². The lowest BCUT2D eigenvalue weighted by molar-refractivity contribution is 0.208. The summed E-state index contributed by atoms with van der Waals surface area (Å²) in [5.41, 5.74) is 1.36. The molecule has 0 bridgehead atoms. The molecular formula is C17H15BrF2O. The zero-order valence-electron chi connectivity index (χ0n) is 11.3. The highest BCUT2D eigenvalue weighted by molar-refractivity contribution is 9.10. The molecular weight excluding hydrogens is 338 g/mol. The third-order valence-electron chi connectivity index (χ3n) is 4.12. The maximum atomic E-state index is 14.0. The Hall–Kier alpha value is -1.26. The molecule has 1 aliphatic carbocycles. The van der Waals surface area contributed by atoms with Crippen molar-refractivity contribution < 1.29 is 13.9 Å². The molecule has 0 saturated heterocycles. The van der Waals surface area contributed by atoms with Gasteiger partial charge < -0.3 is 5.11 Å². The molecule has 1 atom stereocenters. The van der Waals surface area contributed by atoms with E-state index in [2.05, 4.69) is 15.9 Å². The van der Waals surface area contributed by atoms with Crippen LogP contribution in [0.5, 0.6) is 0 Å². The Labute approximate surface area is 130 Å². The molecule has 1 saturated carbocycles. The second-order valence-corrected chi connectivity index (χ2v) is 6.40. The van der Waals surface area contributed by atoms with Gasteiger partial charge in [0, 0.05) is 4.47 Å². The first-order valence-electron chi connectivity index (χ1n) is 6.98. The van der Waals surface area contributed by atoms with Crippen molar-refractivity contribution in [1.29, 1.82) is 0 Å². The summed E-state index contributed by atoms with van der Waals surface area (Å²) in [6, 6.07) is 9.73. The average Bonchev–Trinajstić information content (AvgIpc) is 2.35. The molecule has 1 nitrogen and oxygen atoms in total. The Balaban J connectivity index is 1.96. The van der Waals surface area contributed by atoms with Crippen molar-refractivity contribution in [2.45, 2.75) is 31.3 Å². The predicted molar refractivity (Wildman–Crippen MR) is 81.2 cm³/mol. The summed E-state index contributed by atoms with van der Waals surface area (Å²) in [7, 11) is 0. The molecule has 0 aromatic heterocycles. The predicted octanol–water partition coefficient (Wildman–Crippen LogP) is 5.08. The molecule has 1 unspecified atom stereocenters. The van der Waals surface area contributed by atoms with Crippen molar-refractivity contribution in [3.05, 3.63) is 69.2 Å². The summed E-state index contributed by atoms with van der Waals surface area (Å²) in [6.45, 7) is 0. The van der Waals surface area contributed by atoms with Gasteiger partial charge >= 0.3 is 0 Å². The molecule has 1 fully saturated rings. The molecule has 1 N–H and O–H groups in total. The topological polar surface area (TPSA) is 20.2 Å². The van der Waals surface area contributed by atoms with Crippen LogP contribution in [-0.4, -0.2) is 5.11 Å². The molecule has 0 aliphatic heterocycles. The van der Waals surface area contributed by atoms with Gasteiger partial charge in [-0.3, -0.25) is 0 Å². The molecule has 0 heterocycles. The highest BCUT2D eigenvalue weighted by atomic mass is 79.9. The van der Waals surface area contributed by atoms with E-state index in [1.165, 1.54) is 6.42 Å². The molecule has 0 amide bonds. The van der Waals surface area contributed by atoms with Gasteiger partial charge in [0.25, 0.3) is 0 Å². The minimum Gasteiger partial charge on any atom is -0.383 e. The first-order valence-corrected chi connectivity index (χ1v) is 7.78. The molecule has 21 heavy (non-hydrogen) atoms. The average molecular weight is 353 g/mol. The van der Waals surface area contributed by atoms with E-state index < -0.39 is 17.7 Å². The molecule has 110 valence electrons. The third-order valence-corrected chi connectivity index (χ3v) is 4.58. The first kappa shape index (κ1) is 14.7. The van der Waals surface area contributed by atoms with E-state index in [4.69, 9.17) is 0 Å². The smallest absolute Gasteiger partial charge is 0.133 e. The lowest BCUT2D eigenvalue weighted by atomic mass is 9.79. The Morgan fingerprint density at radius 2 is 1.76 bits per heavy atom. The number of hydrogen-bond acceptors (Lipinski definition) is 1. The second-order valence-electron chi connectivity index (χ2n) is 5.48. The molecule has 2 aromatic rings. The van der Waals surface area contributed by atoms with Gasteiger partial charge in [-0.05, 0) is 42.0 Å². The van der Waals surface area contributed by atoms with Crippen molar-refractivity contribution in [2.75, 3.05) is 0 Å². The number of aliphatic hydroxyl groups excluding tert-OH is 1. The van der Waals surface area contributed by atoms with Crippen molar-refractivity contribution in [1.82, 2.24) is 0 Å². The van der Waals surface area contributed by atoms with E-state index in [1.54, 1.807) is 6.07 Å². The molecule has 1 aliphatic rings. The van der Waals surface area contributed by atoms with E-state index in [0.717, 1.165) is 30.5 Å². The van der Waals surface area contributed by atoms with Gasteiger partial charge in [-0.15, -0.1) is 0 Å². The van der Waals surface area contributed by atoms with Crippen LogP contribution in [0.1, 0.15) is 48.0 Å². The molecule has 2 aromatic carbocycles. The number of aliphatic hydroxyl groups is 1. The fourth-order valence-corrected chi connectivity index (χ4v) is 3.11. The fraction of sp³-hybridized carbons (Fsp3) is 0.294. The van der Waals surface area contributed by atoms with Gasteiger partial charge in [-0.25, -0.2) is 8.78 Å². The lowest BCUT2D eigenvalue weighted by Crippen LogP contribution is -2.11. The van der Waals surface area contributed by atoms with Crippen LogP contribution < -0.4 is 0 Å². The van der Waals surface area contributed by atoms with Crippen LogP contribution in [0.15, 0.2) is 40.9 Å². The van der Waals surface area contributed by atoms with Crippen LogP contribution in [0.3, 0.4) is 0 Å². The summed E-state index contributed by atoms with van der Waals surface area (Å²) >= 11 is 3.04. The van der Waals surface area contributed by atoms with Crippen LogP contribution >= 0.6 is 15.9 Å². The quantitative estimate of drug-likeness (QED) is 0.816. The summed E-state index contributed by atoms with van der Waals surface area (Å²) in [4.78, 5) is 0. The molecule has 0 radical (unpaired) electrons. The Kier molecular flexibility index (Phi) is 4.09. The summed E-state index contributed by atoms with van der Waals surface area (Å²) in [5, 5.41) is 10.3. The van der Waals surface area contributed by atoms with E-state index in [1.807, 2.05) is 18.2 Å². The fourth-order valence-electron chi connectivity index (χ4n) is 2.71. The van der Waals surface area contributed by atoms with Crippen LogP contribution in [-0.2, 0) is 0 Å². The van der Waals surface area contributed by atoms with Crippen molar-refractivity contribution in [3.8, 4) is 0 Å². The molecule has 3 rings (SSSR count). The molecule has 4 heteroatoms. The van der Waals surface area contributed by atoms with Crippen molar-refractivity contribution in [3.63, 3.8) is 0 Å². The number of rotatable bonds is 3. The van der Waals surface area contributed by atoms with E-state index in [9.17, 15) is 13.9 Å². The zero-order valence-corrected chi connectivity index (χ0v) is 12.9.